The minimum absolute atomic E-state index is 0.485. The predicted molar refractivity (Wildman–Crippen MR) is 73.6 cm³/mol. The lowest BCUT2D eigenvalue weighted by Crippen LogP contribution is -1.95. The molecular formula is C14H11BrN2O2. The third-order valence-corrected chi connectivity index (χ3v) is 3.63. The number of ether oxygens (including phenoxy) is 1. The first-order valence-electron chi connectivity index (χ1n) is 6.02. The zero-order valence-electron chi connectivity index (χ0n) is 10.0. The van der Waals surface area contributed by atoms with E-state index < -0.39 is 0 Å². The van der Waals surface area contributed by atoms with Crippen molar-refractivity contribution in [2.24, 2.45) is 0 Å². The van der Waals surface area contributed by atoms with Crippen LogP contribution >= 0.6 is 15.9 Å². The Morgan fingerprint density at radius 3 is 2.89 bits per heavy atom. The summed E-state index contributed by atoms with van der Waals surface area (Å²) in [5.74, 6) is 2.42. The molecule has 0 radical (unpaired) electrons. The van der Waals surface area contributed by atoms with Crippen molar-refractivity contribution in [3.8, 4) is 11.6 Å². The number of halogens is 1. The average molecular weight is 319 g/mol. The largest absolute Gasteiger partial charge is 0.439 e. The van der Waals surface area contributed by atoms with Crippen LogP contribution in [0.2, 0.25) is 0 Å². The maximum atomic E-state index is 10.9. The molecule has 2 aromatic rings. The average Bonchev–Trinajstić information content (AvgIpc) is 3.26. The number of aromatic nitrogens is 2. The Bertz CT molecular complexity index is 627. The smallest absolute Gasteiger partial charge is 0.222 e. The second kappa shape index (κ2) is 5.09. The van der Waals surface area contributed by atoms with E-state index in [1.165, 1.54) is 0 Å². The monoisotopic (exact) mass is 318 g/mol. The van der Waals surface area contributed by atoms with E-state index >= 15 is 0 Å². The lowest BCUT2D eigenvalue weighted by atomic mass is 10.2. The number of nitrogens with zero attached hydrogens (tertiary/aromatic N) is 2. The first kappa shape index (κ1) is 12.3. The Labute approximate surface area is 119 Å². The van der Waals surface area contributed by atoms with E-state index in [1.54, 1.807) is 30.5 Å². The van der Waals surface area contributed by atoms with Crippen molar-refractivity contribution in [2.45, 2.75) is 18.8 Å². The standard InChI is InChI=1S/C14H11BrN2O2/c15-12-4-3-11(7-10(12)8-18)19-13-5-6-16-14(17-13)9-1-2-9/h3-9H,1-2H2. The molecule has 0 aliphatic heterocycles. The molecule has 0 amide bonds. The Morgan fingerprint density at radius 1 is 1.32 bits per heavy atom. The number of benzene rings is 1. The minimum atomic E-state index is 0.485. The van der Waals surface area contributed by atoms with Gasteiger partial charge in [0.15, 0.2) is 6.29 Å². The Kier molecular flexibility index (Phi) is 3.29. The van der Waals surface area contributed by atoms with Gasteiger partial charge in [-0.15, -0.1) is 0 Å². The summed E-state index contributed by atoms with van der Waals surface area (Å²) in [6.45, 7) is 0. The van der Waals surface area contributed by atoms with E-state index in [9.17, 15) is 4.79 Å². The third kappa shape index (κ3) is 2.81. The zero-order valence-corrected chi connectivity index (χ0v) is 11.6. The van der Waals surface area contributed by atoms with E-state index in [2.05, 4.69) is 25.9 Å². The molecule has 96 valence electrons. The molecule has 0 unspecified atom stereocenters. The molecule has 0 spiro atoms. The second-order valence-electron chi connectivity index (χ2n) is 4.43. The van der Waals surface area contributed by atoms with Gasteiger partial charge in [0.05, 0.1) is 0 Å². The number of carbonyl (C=O) groups is 1. The van der Waals surface area contributed by atoms with Crippen molar-refractivity contribution in [2.75, 3.05) is 0 Å². The van der Waals surface area contributed by atoms with Crippen molar-refractivity contribution >= 4 is 22.2 Å². The maximum absolute atomic E-state index is 10.9. The van der Waals surface area contributed by atoms with Crippen LogP contribution in [0, 0.1) is 0 Å². The van der Waals surface area contributed by atoms with Gasteiger partial charge in [0.1, 0.15) is 11.6 Å². The highest BCUT2D eigenvalue weighted by Crippen LogP contribution is 2.38. The summed E-state index contributed by atoms with van der Waals surface area (Å²) >= 11 is 3.30. The molecule has 4 nitrogen and oxygen atoms in total. The predicted octanol–water partition coefficient (Wildman–Crippen LogP) is 3.72. The van der Waals surface area contributed by atoms with E-state index in [4.69, 9.17) is 4.74 Å². The highest BCUT2D eigenvalue weighted by molar-refractivity contribution is 9.10. The fourth-order valence-electron chi connectivity index (χ4n) is 1.75. The molecule has 0 atom stereocenters. The molecule has 1 heterocycles. The summed E-state index contributed by atoms with van der Waals surface area (Å²) in [4.78, 5) is 19.5. The first-order chi connectivity index (χ1) is 9.26. The van der Waals surface area contributed by atoms with Gasteiger partial charge in [0.25, 0.3) is 0 Å². The molecule has 3 rings (SSSR count). The summed E-state index contributed by atoms with van der Waals surface area (Å²) in [7, 11) is 0. The van der Waals surface area contributed by atoms with Crippen LogP contribution in [0.1, 0.15) is 34.9 Å². The van der Waals surface area contributed by atoms with Gasteiger partial charge in [-0.1, -0.05) is 15.9 Å². The molecule has 5 heteroatoms. The number of rotatable bonds is 4. The number of hydrogen-bond acceptors (Lipinski definition) is 4. The van der Waals surface area contributed by atoms with Crippen LogP contribution in [0.5, 0.6) is 11.6 Å². The van der Waals surface area contributed by atoms with Crippen molar-refractivity contribution < 1.29 is 9.53 Å². The summed E-state index contributed by atoms with van der Waals surface area (Å²) in [5, 5.41) is 0. The van der Waals surface area contributed by atoms with E-state index in [0.717, 1.165) is 29.4 Å². The van der Waals surface area contributed by atoms with Crippen molar-refractivity contribution in [3.05, 3.63) is 46.3 Å². The summed E-state index contributed by atoms with van der Waals surface area (Å²) in [5.41, 5.74) is 0.550. The molecule has 1 aromatic carbocycles. The summed E-state index contributed by atoms with van der Waals surface area (Å²) in [6.07, 6.45) is 4.79. The normalized spacial score (nSPS) is 14.2. The van der Waals surface area contributed by atoms with Gasteiger partial charge in [-0.05, 0) is 31.0 Å². The Hall–Kier alpha value is -1.75. The Balaban J connectivity index is 1.84. The summed E-state index contributed by atoms with van der Waals surface area (Å²) < 4.78 is 6.41. The molecule has 1 fully saturated rings. The van der Waals surface area contributed by atoms with Crippen molar-refractivity contribution in [1.29, 1.82) is 0 Å². The molecule has 19 heavy (non-hydrogen) atoms. The van der Waals surface area contributed by atoms with E-state index in [-0.39, 0.29) is 0 Å². The number of aldehydes is 1. The van der Waals surface area contributed by atoms with Gasteiger partial charge >= 0.3 is 0 Å². The minimum Gasteiger partial charge on any atom is -0.439 e. The van der Waals surface area contributed by atoms with Crippen LogP contribution in [0.15, 0.2) is 34.9 Å². The first-order valence-corrected chi connectivity index (χ1v) is 6.81. The third-order valence-electron chi connectivity index (χ3n) is 2.91. The fourth-order valence-corrected chi connectivity index (χ4v) is 2.09. The number of carbonyl (C=O) groups excluding carboxylic acids is 1. The van der Waals surface area contributed by atoms with Gasteiger partial charge in [0, 0.05) is 28.2 Å². The Morgan fingerprint density at radius 2 is 2.16 bits per heavy atom. The molecule has 1 aliphatic rings. The number of hydrogen-bond donors (Lipinski definition) is 0. The fraction of sp³-hybridized carbons (Fsp3) is 0.214. The highest BCUT2D eigenvalue weighted by atomic mass is 79.9. The van der Waals surface area contributed by atoms with E-state index in [1.807, 2.05) is 0 Å². The molecular weight excluding hydrogens is 308 g/mol. The van der Waals surface area contributed by atoms with Crippen LogP contribution < -0.4 is 4.74 Å². The SMILES string of the molecule is O=Cc1cc(Oc2ccnc(C3CC3)n2)ccc1Br. The molecule has 0 bridgehead atoms. The molecule has 1 aromatic heterocycles. The molecule has 1 aliphatic carbocycles. The van der Waals surface area contributed by atoms with Crippen LogP contribution in [-0.2, 0) is 0 Å². The van der Waals surface area contributed by atoms with Crippen LogP contribution in [-0.4, -0.2) is 16.3 Å². The van der Waals surface area contributed by atoms with Gasteiger partial charge in [-0.25, -0.2) is 4.98 Å². The maximum Gasteiger partial charge on any atom is 0.222 e. The van der Waals surface area contributed by atoms with Crippen molar-refractivity contribution in [1.82, 2.24) is 9.97 Å². The van der Waals surface area contributed by atoms with Crippen LogP contribution in [0.3, 0.4) is 0 Å². The van der Waals surface area contributed by atoms with Gasteiger partial charge < -0.3 is 4.74 Å². The van der Waals surface area contributed by atoms with Gasteiger partial charge in [-0.2, -0.15) is 4.98 Å². The second-order valence-corrected chi connectivity index (χ2v) is 5.28. The van der Waals surface area contributed by atoms with Crippen molar-refractivity contribution in [3.63, 3.8) is 0 Å². The topological polar surface area (TPSA) is 52.1 Å². The quantitative estimate of drug-likeness (QED) is 0.806. The van der Waals surface area contributed by atoms with Gasteiger partial charge in [0.2, 0.25) is 5.88 Å². The lowest BCUT2D eigenvalue weighted by Gasteiger charge is -2.06. The lowest BCUT2D eigenvalue weighted by molar-refractivity contribution is 0.112. The highest BCUT2D eigenvalue weighted by Gasteiger charge is 2.26. The van der Waals surface area contributed by atoms with Crippen LogP contribution in [0.4, 0.5) is 0 Å². The zero-order chi connectivity index (χ0) is 13.2. The van der Waals surface area contributed by atoms with Gasteiger partial charge in [-0.3, -0.25) is 4.79 Å². The molecule has 0 saturated heterocycles. The molecule has 0 N–H and O–H groups in total. The summed E-state index contributed by atoms with van der Waals surface area (Å²) in [6, 6.07) is 6.96. The molecule has 1 saturated carbocycles. The van der Waals surface area contributed by atoms with Crippen LogP contribution in [0.25, 0.3) is 0 Å². The van der Waals surface area contributed by atoms with E-state index in [0.29, 0.717) is 23.1 Å².